The first-order chi connectivity index (χ1) is 10.8. The number of carbonyl (C=O) groups excluding carboxylic acids is 2. The Labute approximate surface area is 138 Å². The first-order valence-corrected chi connectivity index (χ1v) is 8.12. The number of esters is 1. The predicted molar refractivity (Wildman–Crippen MR) is 86.1 cm³/mol. The van der Waals surface area contributed by atoms with Crippen LogP contribution in [0.4, 0.5) is 0 Å². The van der Waals surface area contributed by atoms with Crippen molar-refractivity contribution in [1.82, 2.24) is 10.2 Å². The Morgan fingerprint density at radius 3 is 2.43 bits per heavy atom. The van der Waals surface area contributed by atoms with Crippen molar-refractivity contribution in [2.75, 3.05) is 46.5 Å². The van der Waals surface area contributed by atoms with Crippen molar-refractivity contribution in [2.24, 2.45) is 0 Å². The minimum absolute atomic E-state index is 0.00742. The van der Waals surface area contributed by atoms with Crippen molar-refractivity contribution < 1.29 is 23.8 Å². The first-order valence-electron chi connectivity index (χ1n) is 8.12. The normalized spacial score (nSPS) is 16.4. The van der Waals surface area contributed by atoms with E-state index in [2.05, 4.69) is 5.32 Å². The summed E-state index contributed by atoms with van der Waals surface area (Å²) >= 11 is 0. The largest absolute Gasteiger partial charge is 0.458 e. The van der Waals surface area contributed by atoms with Crippen molar-refractivity contribution >= 4 is 11.9 Å². The van der Waals surface area contributed by atoms with E-state index in [4.69, 9.17) is 14.2 Å². The van der Waals surface area contributed by atoms with Gasteiger partial charge in [0, 0.05) is 26.7 Å². The fraction of sp³-hybridized carbons (Fsp3) is 0.875. The molecule has 0 unspecified atom stereocenters. The van der Waals surface area contributed by atoms with E-state index >= 15 is 0 Å². The van der Waals surface area contributed by atoms with Crippen molar-refractivity contribution in [3.05, 3.63) is 0 Å². The highest BCUT2D eigenvalue weighted by atomic mass is 16.6. The number of nitrogens with zero attached hydrogens (tertiary/aromatic N) is 1. The molecule has 0 radical (unpaired) electrons. The van der Waals surface area contributed by atoms with Gasteiger partial charge in [0.15, 0.2) is 0 Å². The Kier molecular flexibility index (Phi) is 8.51. The SMILES string of the molecule is COCCNCC(=O)N1CCC(OCC(=O)OC(C)(C)C)CC1. The Morgan fingerprint density at radius 2 is 1.87 bits per heavy atom. The lowest BCUT2D eigenvalue weighted by atomic mass is 10.1. The van der Waals surface area contributed by atoms with Gasteiger partial charge in [-0.3, -0.25) is 4.79 Å². The van der Waals surface area contributed by atoms with Gasteiger partial charge in [-0.2, -0.15) is 0 Å². The molecule has 1 amide bonds. The minimum Gasteiger partial charge on any atom is -0.458 e. The zero-order chi connectivity index (χ0) is 17.3. The van der Waals surface area contributed by atoms with Crippen LogP contribution in [0.5, 0.6) is 0 Å². The number of methoxy groups -OCH3 is 1. The molecule has 1 fully saturated rings. The Hall–Kier alpha value is -1.18. The highest BCUT2D eigenvalue weighted by Gasteiger charge is 2.24. The maximum Gasteiger partial charge on any atom is 0.332 e. The summed E-state index contributed by atoms with van der Waals surface area (Å²) in [5.41, 5.74) is -0.494. The van der Waals surface area contributed by atoms with Crippen LogP contribution in [0.1, 0.15) is 33.6 Å². The summed E-state index contributed by atoms with van der Waals surface area (Å²) in [4.78, 5) is 25.4. The van der Waals surface area contributed by atoms with Crippen molar-refractivity contribution in [1.29, 1.82) is 0 Å². The molecule has 1 saturated heterocycles. The fourth-order valence-corrected chi connectivity index (χ4v) is 2.31. The van der Waals surface area contributed by atoms with Crippen LogP contribution in [0.15, 0.2) is 0 Å². The van der Waals surface area contributed by atoms with Crippen molar-refractivity contribution in [2.45, 2.75) is 45.3 Å². The molecule has 23 heavy (non-hydrogen) atoms. The van der Waals surface area contributed by atoms with Gasteiger partial charge in [0.25, 0.3) is 0 Å². The van der Waals surface area contributed by atoms with E-state index < -0.39 is 5.60 Å². The highest BCUT2D eigenvalue weighted by molar-refractivity contribution is 5.78. The molecule has 1 aliphatic rings. The zero-order valence-electron chi connectivity index (χ0n) is 14.7. The van der Waals surface area contributed by atoms with Crippen molar-refractivity contribution in [3.63, 3.8) is 0 Å². The molecule has 134 valence electrons. The third kappa shape index (κ3) is 8.88. The average molecular weight is 330 g/mol. The number of piperidine rings is 1. The highest BCUT2D eigenvalue weighted by Crippen LogP contribution is 2.14. The molecule has 0 aromatic rings. The second-order valence-electron chi connectivity index (χ2n) is 6.65. The molecule has 0 aromatic heterocycles. The number of hydrogen-bond donors (Lipinski definition) is 1. The summed E-state index contributed by atoms with van der Waals surface area (Å²) in [5, 5.41) is 3.05. The average Bonchev–Trinajstić information content (AvgIpc) is 2.48. The summed E-state index contributed by atoms with van der Waals surface area (Å²) in [7, 11) is 1.63. The Bertz CT molecular complexity index is 373. The van der Waals surface area contributed by atoms with Gasteiger partial charge in [-0.15, -0.1) is 0 Å². The number of likely N-dealkylation sites (tertiary alicyclic amines) is 1. The van der Waals surface area contributed by atoms with Gasteiger partial charge >= 0.3 is 5.97 Å². The molecule has 0 atom stereocenters. The molecule has 0 saturated carbocycles. The Balaban J connectivity index is 2.17. The number of rotatable bonds is 8. The van der Waals surface area contributed by atoms with E-state index in [0.29, 0.717) is 32.8 Å². The van der Waals surface area contributed by atoms with E-state index in [1.165, 1.54) is 0 Å². The molecule has 0 spiro atoms. The number of nitrogens with one attached hydrogen (secondary N) is 1. The van der Waals surface area contributed by atoms with Gasteiger partial charge in [-0.1, -0.05) is 0 Å². The third-order valence-corrected chi connectivity index (χ3v) is 3.41. The van der Waals surface area contributed by atoms with Crippen LogP contribution in [0.25, 0.3) is 0 Å². The lowest BCUT2D eigenvalue weighted by Crippen LogP contribution is -2.45. The molecule has 1 aliphatic heterocycles. The topological polar surface area (TPSA) is 77.1 Å². The van der Waals surface area contributed by atoms with Gasteiger partial charge in [-0.25, -0.2) is 4.79 Å². The van der Waals surface area contributed by atoms with Crippen LogP contribution < -0.4 is 5.32 Å². The molecular formula is C16H30N2O5. The second kappa shape index (κ2) is 9.85. The van der Waals surface area contributed by atoms with E-state index in [0.717, 1.165) is 12.8 Å². The van der Waals surface area contributed by atoms with Gasteiger partial charge in [0.05, 0.1) is 19.3 Å². The van der Waals surface area contributed by atoms with Crippen molar-refractivity contribution in [3.8, 4) is 0 Å². The van der Waals surface area contributed by atoms with E-state index in [-0.39, 0.29) is 24.6 Å². The van der Waals surface area contributed by atoms with E-state index in [1.54, 1.807) is 7.11 Å². The van der Waals surface area contributed by atoms with Gasteiger partial charge in [-0.05, 0) is 33.6 Å². The summed E-state index contributed by atoms with van der Waals surface area (Å²) < 4.78 is 15.7. The third-order valence-electron chi connectivity index (χ3n) is 3.41. The molecule has 1 heterocycles. The van der Waals surface area contributed by atoms with Crippen LogP contribution in [0, 0.1) is 0 Å². The van der Waals surface area contributed by atoms with E-state index in [1.807, 2.05) is 25.7 Å². The lowest BCUT2D eigenvalue weighted by Gasteiger charge is -2.32. The fourth-order valence-electron chi connectivity index (χ4n) is 2.31. The standard InChI is InChI=1S/C16H30N2O5/c1-16(2,3)23-15(20)12-22-13-5-8-18(9-6-13)14(19)11-17-7-10-21-4/h13,17H,5-12H2,1-4H3. The van der Waals surface area contributed by atoms with Crippen LogP contribution in [0.3, 0.4) is 0 Å². The molecule has 1 rings (SSSR count). The molecule has 0 aliphatic carbocycles. The maximum atomic E-state index is 12.0. The van der Waals surface area contributed by atoms with Crippen LogP contribution >= 0.6 is 0 Å². The van der Waals surface area contributed by atoms with Gasteiger partial charge in [0.2, 0.25) is 5.91 Å². The number of hydrogen-bond acceptors (Lipinski definition) is 6. The summed E-state index contributed by atoms with van der Waals surface area (Å²) in [6.07, 6.45) is 1.49. The molecule has 0 aromatic carbocycles. The van der Waals surface area contributed by atoms with Gasteiger partial charge in [0.1, 0.15) is 12.2 Å². The second-order valence-corrected chi connectivity index (χ2v) is 6.65. The summed E-state index contributed by atoms with van der Waals surface area (Å²) in [6, 6.07) is 0. The summed E-state index contributed by atoms with van der Waals surface area (Å²) in [6.45, 7) is 8.35. The number of carbonyl (C=O) groups is 2. The maximum absolute atomic E-state index is 12.0. The van der Waals surface area contributed by atoms with E-state index in [9.17, 15) is 9.59 Å². The molecular weight excluding hydrogens is 300 g/mol. The smallest absolute Gasteiger partial charge is 0.332 e. The van der Waals surface area contributed by atoms with Crippen LogP contribution in [-0.4, -0.2) is 75.0 Å². The van der Waals surface area contributed by atoms with Gasteiger partial charge < -0.3 is 24.4 Å². The quantitative estimate of drug-likeness (QED) is 0.518. The predicted octanol–water partition coefficient (Wildman–Crippen LogP) is 0.572. The Morgan fingerprint density at radius 1 is 1.22 bits per heavy atom. The molecule has 0 bridgehead atoms. The number of amides is 1. The minimum atomic E-state index is -0.494. The number of ether oxygens (including phenoxy) is 3. The van der Waals surface area contributed by atoms with Crippen LogP contribution in [0.2, 0.25) is 0 Å². The lowest BCUT2D eigenvalue weighted by molar-refractivity contribution is -0.163. The zero-order valence-corrected chi connectivity index (χ0v) is 14.7. The molecule has 7 heteroatoms. The van der Waals surface area contributed by atoms with Crippen LogP contribution in [-0.2, 0) is 23.8 Å². The summed E-state index contributed by atoms with van der Waals surface area (Å²) in [5.74, 6) is -0.259. The monoisotopic (exact) mass is 330 g/mol. The molecule has 7 nitrogen and oxygen atoms in total. The molecule has 1 N–H and O–H groups in total. The first kappa shape index (κ1) is 19.9.